The fourth-order valence-corrected chi connectivity index (χ4v) is 4.72. The number of nitrogens with zero attached hydrogens (tertiary/aromatic N) is 1. The molecule has 0 unspecified atom stereocenters. The summed E-state index contributed by atoms with van der Waals surface area (Å²) < 4.78 is 11.0. The van der Waals surface area contributed by atoms with Gasteiger partial charge in [-0.15, -0.1) is 0 Å². The number of carbonyl (C=O) groups excluding carboxylic acids is 3. The summed E-state index contributed by atoms with van der Waals surface area (Å²) in [7, 11) is 0. The third-order valence-corrected chi connectivity index (χ3v) is 6.73. The van der Waals surface area contributed by atoms with Crippen LogP contribution < -0.4 is 10.7 Å². The molecule has 5 rings (SSSR count). The monoisotopic (exact) mass is 535 g/mol. The quantitative estimate of drug-likeness (QED) is 0.218. The van der Waals surface area contributed by atoms with Crippen molar-refractivity contribution >= 4 is 29.2 Å². The molecule has 1 heterocycles. The average molecular weight is 536 g/mol. The molecule has 202 valence electrons. The summed E-state index contributed by atoms with van der Waals surface area (Å²) in [5, 5.41) is 7.24. The summed E-state index contributed by atoms with van der Waals surface area (Å²) in [6.07, 6.45) is 2.11. The molecule has 0 fully saturated rings. The van der Waals surface area contributed by atoms with E-state index in [1.807, 2.05) is 49.4 Å². The molecule has 0 spiro atoms. The second kappa shape index (κ2) is 11.8. The van der Waals surface area contributed by atoms with Crippen molar-refractivity contribution in [1.82, 2.24) is 5.43 Å². The Kier molecular flexibility index (Phi) is 7.87. The normalized spacial score (nSPS) is 13.4. The van der Waals surface area contributed by atoms with Gasteiger partial charge in [-0.1, -0.05) is 42.5 Å². The van der Waals surface area contributed by atoms with Gasteiger partial charge in [-0.2, -0.15) is 5.10 Å². The van der Waals surface area contributed by atoms with Gasteiger partial charge >= 0.3 is 5.97 Å². The molecule has 4 aromatic rings. The molecule has 40 heavy (non-hydrogen) atoms. The highest BCUT2D eigenvalue weighted by Gasteiger charge is 2.28. The van der Waals surface area contributed by atoms with Crippen LogP contribution in [0.4, 0.5) is 5.69 Å². The van der Waals surface area contributed by atoms with Crippen molar-refractivity contribution in [2.75, 3.05) is 11.9 Å². The number of fused-ring (bicyclic) bond motifs is 1. The molecule has 3 aromatic carbocycles. The van der Waals surface area contributed by atoms with Crippen molar-refractivity contribution in [3.05, 3.63) is 113 Å². The molecule has 2 amide bonds. The van der Waals surface area contributed by atoms with Crippen molar-refractivity contribution in [3.63, 3.8) is 0 Å². The number of hydrogen-bond donors (Lipinski definition) is 2. The predicted molar refractivity (Wildman–Crippen MR) is 153 cm³/mol. The van der Waals surface area contributed by atoms with E-state index in [2.05, 4.69) is 15.8 Å². The minimum Gasteiger partial charge on any atom is -0.462 e. The highest BCUT2D eigenvalue weighted by molar-refractivity contribution is 6.09. The van der Waals surface area contributed by atoms with Crippen LogP contribution in [-0.4, -0.2) is 30.1 Å². The smallest absolute Gasteiger partial charge is 0.338 e. The molecule has 0 saturated heterocycles. The fourth-order valence-electron chi connectivity index (χ4n) is 4.72. The standard InChI is InChI=1S/C32H29N3O5/c1-3-39-32(38)24-16-18-25(19-17-24)33-31(37)29-20(2)28-26(10-7-11-27(28)40-29)34-35-30(36)23-14-12-22(13-15-23)21-8-5-4-6-9-21/h4-6,8-9,12-19H,3,7,10-11H2,1-2H3,(H,33,37)(H,35,36)/b34-26+. The molecule has 0 aliphatic heterocycles. The number of hydrazone groups is 1. The molecule has 8 nitrogen and oxygen atoms in total. The van der Waals surface area contributed by atoms with Crippen LogP contribution in [-0.2, 0) is 11.2 Å². The third-order valence-electron chi connectivity index (χ3n) is 6.73. The van der Waals surface area contributed by atoms with E-state index < -0.39 is 11.9 Å². The zero-order valence-corrected chi connectivity index (χ0v) is 22.3. The summed E-state index contributed by atoms with van der Waals surface area (Å²) in [5.41, 5.74) is 8.28. The lowest BCUT2D eigenvalue weighted by Gasteiger charge is -2.13. The van der Waals surface area contributed by atoms with Crippen LogP contribution in [0, 0.1) is 6.92 Å². The predicted octanol–water partition coefficient (Wildman–Crippen LogP) is 6.15. The van der Waals surface area contributed by atoms with E-state index in [0.29, 0.717) is 46.7 Å². The molecule has 2 N–H and O–H groups in total. The zero-order valence-electron chi connectivity index (χ0n) is 22.3. The van der Waals surface area contributed by atoms with Gasteiger partial charge in [-0.05, 0) is 74.2 Å². The van der Waals surface area contributed by atoms with E-state index in [9.17, 15) is 14.4 Å². The number of ether oxygens (including phenoxy) is 1. The third kappa shape index (κ3) is 5.71. The van der Waals surface area contributed by atoms with Gasteiger partial charge < -0.3 is 14.5 Å². The first kappa shape index (κ1) is 26.6. The van der Waals surface area contributed by atoms with Crippen LogP contribution in [0.3, 0.4) is 0 Å². The molecular formula is C32H29N3O5. The Bertz CT molecular complexity index is 1570. The number of furan rings is 1. The van der Waals surface area contributed by atoms with Gasteiger partial charge in [-0.25, -0.2) is 10.2 Å². The topological polar surface area (TPSA) is 110 Å². The van der Waals surface area contributed by atoms with Crippen LogP contribution >= 0.6 is 0 Å². The molecule has 0 radical (unpaired) electrons. The molecule has 1 aliphatic carbocycles. The summed E-state index contributed by atoms with van der Waals surface area (Å²) in [5.74, 6) is -0.274. The van der Waals surface area contributed by atoms with Crippen molar-refractivity contribution < 1.29 is 23.5 Å². The minimum absolute atomic E-state index is 0.192. The largest absolute Gasteiger partial charge is 0.462 e. The SMILES string of the molecule is CCOC(=O)c1ccc(NC(=O)c2oc3c(c2C)/C(=N/NC(=O)c2ccc(-c4ccccc4)cc2)CCC3)cc1. The zero-order chi connectivity index (χ0) is 28.1. The number of aryl methyl sites for hydroxylation is 1. The molecule has 8 heteroatoms. The van der Waals surface area contributed by atoms with Crippen LogP contribution in [0.1, 0.15) is 67.9 Å². The number of carbonyl (C=O) groups is 3. The van der Waals surface area contributed by atoms with Crippen molar-refractivity contribution in [2.24, 2.45) is 5.10 Å². The lowest BCUT2D eigenvalue weighted by Crippen LogP contribution is -2.22. The number of nitrogens with one attached hydrogen (secondary N) is 2. The molecule has 1 aromatic heterocycles. The highest BCUT2D eigenvalue weighted by atomic mass is 16.5. The van der Waals surface area contributed by atoms with Crippen molar-refractivity contribution in [3.8, 4) is 11.1 Å². The van der Waals surface area contributed by atoms with Gasteiger partial charge in [0.1, 0.15) is 5.76 Å². The van der Waals surface area contributed by atoms with Crippen molar-refractivity contribution in [2.45, 2.75) is 33.1 Å². The molecular weight excluding hydrogens is 506 g/mol. The number of esters is 1. The summed E-state index contributed by atoms with van der Waals surface area (Å²) in [4.78, 5) is 37.7. The van der Waals surface area contributed by atoms with Gasteiger partial charge in [0.25, 0.3) is 11.8 Å². The Hall–Kier alpha value is -4.98. The molecule has 0 bridgehead atoms. The van der Waals surface area contributed by atoms with E-state index >= 15 is 0 Å². The van der Waals surface area contributed by atoms with Crippen LogP contribution in [0.15, 0.2) is 88.4 Å². The maximum atomic E-state index is 13.1. The van der Waals surface area contributed by atoms with Crippen LogP contribution in [0.25, 0.3) is 11.1 Å². The van der Waals surface area contributed by atoms with Gasteiger partial charge in [0.05, 0.1) is 17.9 Å². The number of anilines is 1. The van der Waals surface area contributed by atoms with Gasteiger partial charge in [0, 0.05) is 28.8 Å². The number of amides is 2. The van der Waals surface area contributed by atoms with Crippen LogP contribution in [0.2, 0.25) is 0 Å². The summed E-state index contributed by atoms with van der Waals surface area (Å²) in [6, 6.07) is 23.8. The molecule has 0 saturated carbocycles. The van der Waals surface area contributed by atoms with Crippen molar-refractivity contribution in [1.29, 1.82) is 0 Å². The number of benzene rings is 3. The van der Waals surface area contributed by atoms with E-state index in [-0.39, 0.29) is 18.3 Å². The fraction of sp³-hybridized carbons (Fsp3) is 0.188. The maximum Gasteiger partial charge on any atom is 0.338 e. The van der Waals surface area contributed by atoms with Gasteiger partial charge in [0.2, 0.25) is 0 Å². The van der Waals surface area contributed by atoms with E-state index in [1.165, 1.54) is 0 Å². The lowest BCUT2D eigenvalue weighted by molar-refractivity contribution is 0.0526. The van der Waals surface area contributed by atoms with E-state index in [1.54, 1.807) is 43.3 Å². The Morgan fingerprint density at radius 3 is 2.23 bits per heavy atom. The first-order valence-corrected chi connectivity index (χ1v) is 13.2. The second-order valence-electron chi connectivity index (χ2n) is 9.40. The summed E-state index contributed by atoms with van der Waals surface area (Å²) in [6.45, 7) is 3.84. The number of rotatable bonds is 7. The Morgan fingerprint density at radius 2 is 1.52 bits per heavy atom. The Balaban J connectivity index is 1.28. The summed E-state index contributed by atoms with van der Waals surface area (Å²) >= 11 is 0. The maximum absolute atomic E-state index is 13.1. The first-order chi connectivity index (χ1) is 19.4. The Labute approximate surface area is 232 Å². The highest BCUT2D eigenvalue weighted by Crippen LogP contribution is 2.30. The first-order valence-electron chi connectivity index (χ1n) is 13.2. The minimum atomic E-state index is -0.418. The van der Waals surface area contributed by atoms with Gasteiger partial charge in [0.15, 0.2) is 5.76 Å². The van der Waals surface area contributed by atoms with E-state index in [4.69, 9.17) is 9.15 Å². The van der Waals surface area contributed by atoms with Crippen LogP contribution in [0.5, 0.6) is 0 Å². The average Bonchev–Trinajstić information content (AvgIpc) is 3.34. The second-order valence-corrected chi connectivity index (χ2v) is 9.40. The van der Waals surface area contributed by atoms with E-state index in [0.717, 1.165) is 23.1 Å². The molecule has 0 atom stereocenters. The van der Waals surface area contributed by atoms with Gasteiger partial charge in [-0.3, -0.25) is 9.59 Å². The molecule has 1 aliphatic rings. The number of hydrogen-bond acceptors (Lipinski definition) is 6. The lowest BCUT2D eigenvalue weighted by atomic mass is 9.93. The Morgan fingerprint density at radius 1 is 0.850 bits per heavy atom.